The summed E-state index contributed by atoms with van der Waals surface area (Å²) in [5, 5.41) is 0. The summed E-state index contributed by atoms with van der Waals surface area (Å²) >= 11 is 0. The Morgan fingerprint density at radius 3 is 2.20 bits per heavy atom. The molecule has 0 bridgehead atoms. The van der Waals surface area contributed by atoms with Gasteiger partial charge in [0.05, 0.1) is 6.33 Å². The van der Waals surface area contributed by atoms with E-state index in [1.165, 1.54) is 6.33 Å². The van der Waals surface area contributed by atoms with Crippen LogP contribution in [0.1, 0.15) is 0 Å². The van der Waals surface area contributed by atoms with Gasteiger partial charge in [0, 0.05) is 0 Å². The van der Waals surface area contributed by atoms with Crippen LogP contribution in [0.25, 0.3) is 11.2 Å². The first-order valence-electron chi connectivity index (χ1n) is 2.93. The van der Waals surface area contributed by atoms with Gasteiger partial charge in [-0.3, -0.25) is 14.8 Å². The van der Waals surface area contributed by atoms with Gasteiger partial charge in [-0.2, -0.15) is 0 Å². The summed E-state index contributed by atoms with van der Waals surface area (Å²) in [6.45, 7) is 0. The van der Waals surface area contributed by atoms with Crippen molar-refractivity contribution >= 4 is 11.2 Å². The lowest BCUT2D eigenvalue weighted by Crippen LogP contribution is -2.21. The van der Waals surface area contributed by atoms with E-state index in [0.717, 1.165) is 0 Å². The average Bonchev–Trinajstić information content (AvgIpc) is 2.34. The predicted octanol–water partition coefficient (Wildman–Crippen LogP) is -4.36. The summed E-state index contributed by atoms with van der Waals surface area (Å²) in [7, 11) is 0. The van der Waals surface area contributed by atoms with E-state index in [0.29, 0.717) is 0 Å². The SMILES string of the molecule is O.O.O.O.O=c1[nH]c(=O)c2[nH]cnc2[nH]1. The molecule has 10 nitrogen and oxygen atoms in total. The van der Waals surface area contributed by atoms with Gasteiger partial charge in [-0.05, 0) is 0 Å². The third-order valence-electron chi connectivity index (χ3n) is 1.33. The highest BCUT2D eigenvalue weighted by molar-refractivity contribution is 5.67. The van der Waals surface area contributed by atoms with E-state index in [4.69, 9.17) is 0 Å². The first kappa shape index (κ1) is 18.7. The van der Waals surface area contributed by atoms with Crippen molar-refractivity contribution in [1.82, 2.24) is 19.9 Å². The second-order valence-corrected chi connectivity index (χ2v) is 2.03. The molecule has 0 amide bonds. The highest BCUT2D eigenvalue weighted by atomic mass is 16.2. The fourth-order valence-electron chi connectivity index (χ4n) is 0.867. The Labute approximate surface area is 81.2 Å². The van der Waals surface area contributed by atoms with Gasteiger partial charge in [0.15, 0.2) is 5.65 Å². The van der Waals surface area contributed by atoms with Crippen LogP contribution >= 0.6 is 0 Å². The lowest BCUT2D eigenvalue weighted by molar-refractivity contribution is 0.823. The lowest BCUT2D eigenvalue weighted by Gasteiger charge is -1.83. The molecule has 2 rings (SSSR count). The molecule has 0 radical (unpaired) electrons. The highest BCUT2D eigenvalue weighted by Gasteiger charge is 1.99. The van der Waals surface area contributed by atoms with Gasteiger partial charge >= 0.3 is 5.69 Å². The zero-order valence-corrected chi connectivity index (χ0v) is 7.34. The molecule has 10 heteroatoms. The standard InChI is InChI=1S/C5H4N4O2.4H2O/c10-4-2-3(7-1-6-2)8-5(11)9-4;;;;/h1H,(H3,6,7,8,9,10,11);4*1H2. The van der Waals surface area contributed by atoms with Crippen LogP contribution in [0.2, 0.25) is 0 Å². The van der Waals surface area contributed by atoms with Gasteiger partial charge in [-0.1, -0.05) is 0 Å². The fourth-order valence-corrected chi connectivity index (χ4v) is 0.867. The summed E-state index contributed by atoms with van der Waals surface area (Å²) in [6, 6.07) is 0. The minimum absolute atomic E-state index is 0. The number of fused-ring (bicyclic) bond motifs is 1. The van der Waals surface area contributed by atoms with E-state index in [1.807, 2.05) is 0 Å². The number of H-pyrrole nitrogens is 3. The first-order chi connectivity index (χ1) is 5.27. The quantitative estimate of drug-likeness (QED) is 0.403. The summed E-state index contributed by atoms with van der Waals surface area (Å²) < 4.78 is 0. The molecule has 0 aliphatic heterocycles. The largest absolute Gasteiger partial charge is 0.412 e. The minimum atomic E-state index is -0.547. The van der Waals surface area contributed by atoms with Crippen LogP contribution in [-0.4, -0.2) is 41.8 Å². The van der Waals surface area contributed by atoms with Crippen LogP contribution < -0.4 is 11.2 Å². The van der Waals surface area contributed by atoms with Gasteiger partial charge < -0.3 is 26.9 Å². The van der Waals surface area contributed by atoms with Crippen molar-refractivity contribution in [3.8, 4) is 0 Å². The van der Waals surface area contributed by atoms with E-state index in [1.54, 1.807) is 0 Å². The molecule has 88 valence electrons. The fraction of sp³-hybridized carbons (Fsp3) is 0. The molecular weight excluding hydrogens is 212 g/mol. The number of nitrogens with zero attached hydrogens (tertiary/aromatic N) is 1. The van der Waals surface area contributed by atoms with Gasteiger partial charge in [-0.15, -0.1) is 0 Å². The third-order valence-corrected chi connectivity index (χ3v) is 1.33. The van der Waals surface area contributed by atoms with Gasteiger partial charge in [0.25, 0.3) is 5.56 Å². The van der Waals surface area contributed by atoms with Crippen molar-refractivity contribution in [3.05, 3.63) is 27.2 Å². The van der Waals surface area contributed by atoms with Crippen molar-refractivity contribution < 1.29 is 21.9 Å². The number of hydrogen-bond acceptors (Lipinski definition) is 3. The van der Waals surface area contributed by atoms with Crippen LogP contribution in [0, 0.1) is 0 Å². The maximum absolute atomic E-state index is 10.9. The Hall–Kier alpha value is -2.01. The zero-order valence-electron chi connectivity index (χ0n) is 7.34. The Morgan fingerprint density at radius 2 is 1.60 bits per heavy atom. The molecule has 2 heterocycles. The Bertz CT molecular complexity index is 498. The number of aromatic nitrogens is 4. The number of rotatable bonds is 0. The van der Waals surface area contributed by atoms with Crippen LogP contribution in [0.5, 0.6) is 0 Å². The monoisotopic (exact) mass is 224 g/mol. The molecule has 0 aromatic carbocycles. The molecular formula is C5H12N4O6. The topological polar surface area (TPSA) is 220 Å². The van der Waals surface area contributed by atoms with E-state index < -0.39 is 11.2 Å². The van der Waals surface area contributed by atoms with Crippen LogP contribution in [-0.2, 0) is 0 Å². The molecule has 2 aromatic heterocycles. The smallest absolute Gasteiger partial charge is 0.327 e. The molecule has 0 aliphatic carbocycles. The number of imidazole rings is 1. The van der Waals surface area contributed by atoms with Crippen molar-refractivity contribution in [3.63, 3.8) is 0 Å². The molecule has 0 atom stereocenters. The Kier molecular flexibility index (Phi) is 8.04. The second-order valence-electron chi connectivity index (χ2n) is 2.03. The average molecular weight is 224 g/mol. The van der Waals surface area contributed by atoms with Crippen LogP contribution in [0.4, 0.5) is 0 Å². The Morgan fingerprint density at radius 1 is 1.00 bits per heavy atom. The van der Waals surface area contributed by atoms with E-state index in [-0.39, 0.29) is 33.1 Å². The molecule has 11 N–H and O–H groups in total. The van der Waals surface area contributed by atoms with E-state index in [2.05, 4.69) is 19.9 Å². The predicted molar refractivity (Wildman–Crippen MR) is 51.8 cm³/mol. The maximum Gasteiger partial charge on any atom is 0.327 e. The molecule has 0 unspecified atom stereocenters. The highest BCUT2D eigenvalue weighted by Crippen LogP contribution is 1.92. The molecule has 0 aliphatic rings. The van der Waals surface area contributed by atoms with Gasteiger partial charge in [0.2, 0.25) is 0 Å². The third kappa shape index (κ3) is 2.99. The van der Waals surface area contributed by atoms with Crippen molar-refractivity contribution in [2.24, 2.45) is 0 Å². The zero-order chi connectivity index (χ0) is 7.84. The van der Waals surface area contributed by atoms with Crippen molar-refractivity contribution in [1.29, 1.82) is 0 Å². The molecule has 15 heavy (non-hydrogen) atoms. The molecule has 2 aromatic rings. The number of aromatic amines is 3. The van der Waals surface area contributed by atoms with Gasteiger partial charge in [-0.25, -0.2) is 9.78 Å². The molecule has 0 fully saturated rings. The molecule has 0 saturated carbocycles. The maximum atomic E-state index is 10.9. The van der Waals surface area contributed by atoms with Crippen molar-refractivity contribution in [2.45, 2.75) is 0 Å². The summed E-state index contributed by atoms with van der Waals surface area (Å²) in [6.07, 6.45) is 1.34. The number of hydrogen-bond donors (Lipinski definition) is 3. The van der Waals surface area contributed by atoms with Gasteiger partial charge in [0.1, 0.15) is 5.52 Å². The number of nitrogens with one attached hydrogen (secondary N) is 3. The minimum Gasteiger partial charge on any atom is -0.412 e. The molecule has 0 spiro atoms. The molecule has 0 saturated heterocycles. The van der Waals surface area contributed by atoms with Crippen molar-refractivity contribution in [2.75, 3.05) is 0 Å². The lowest BCUT2D eigenvalue weighted by atomic mass is 10.5. The summed E-state index contributed by atoms with van der Waals surface area (Å²) in [5.41, 5.74) is -0.445. The van der Waals surface area contributed by atoms with E-state index >= 15 is 0 Å². The van der Waals surface area contributed by atoms with Crippen LogP contribution in [0.3, 0.4) is 0 Å². The first-order valence-corrected chi connectivity index (χ1v) is 2.93. The van der Waals surface area contributed by atoms with E-state index in [9.17, 15) is 9.59 Å². The summed E-state index contributed by atoms with van der Waals surface area (Å²) in [5.74, 6) is 0. The van der Waals surface area contributed by atoms with Crippen LogP contribution in [0.15, 0.2) is 15.9 Å². The summed E-state index contributed by atoms with van der Waals surface area (Å²) in [4.78, 5) is 32.3. The normalized spacial score (nSPS) is 7.73. The Balaban J connectivity index is -0.000000360. The second kappa shape index (κ2) is 6.44.